The Kier molecular flexibility index (Phi) is 7.42. The normalized spacial score (nSPS) is 11.6. The third-order valence-electron chi connectivity index (χ3n) is 10.7. The van der Waals surface area contributed by atoms with Gasteiger partial charge in [-0.1, -0.05) is 170 Å². The first-order valence-corrected chi connectivity index (χ1v) is 18.8. The average Bonchev–Trinajstić information content (AvgIpc) is 3.83. The van der Waals surface area contributed by atoms with E-state index in [4.69, 9.17) is 19.4 Å². The van der Waals surface area contributed by atoms with Crippen molar-refractivity contribution in [2.45, 2.75) is 0 Å². The second-order valence-corrected chi connectivity index (χ2v) is 14.0. The van der Waals surface area contributed by atoms with Crippen molar-refractivity contribution in [3.8, 4) is 62.1 Å². The van der Waals surface area contributed by atoms with Crippen molar-refractivity contribution < 1.29 is 4.42 Å². The fourth-order valence-electron chi connectivity index (χ4n) is 7.97. The molecular formula is C51H32N4O. The van der Waals surface area contributed by atoms with Gasteiger partial charge in [0.15, 0.2) is 17.2 Å². The summed E-state index contributed by atoms with van der Waals surface area (Å²) in [5.41, 5.74) is 12.1. The molecule has 0 aliphatic carbocycles. The monoisotopic (exact) mass is 716 g/mol. The van der Waals surface area contributed by atoms with Gasteiger partial charge < -0.3 is 4.42 Å². The molecule has 11 rings (SSSR count). The molecule has 0 fully saturated rings. The van der Waals surface area contributed by atoms with Gasteiger partial charge >= 0.3 is 0 Å². The number of furan rings is 1. The van der Waals surface area contributed by atoms with E-state index in [9.17, 15) is 0 Å². The molecule has 0 radical (unpaired) electrons. The van der Waals surface area contributed by atoms with Crippen LogP contribution in [0, 0.1) is 0 Å². The lowest BCUT2D eigenvalue weighted by Gasteiger charge is -2.11. The summed E-state index contributed by atoms with van der Waals surface area (Å²) in [7, 11) is 0. The molecule has 0 aliphatic heterocycles. The van der Waals surface area contributed by atoms with Crippen LogP contribution in [0.5, 0.6) is 0 Å². The summed E-state index contributed by atoms with van der Waals surface area (Å²) >= 11 is 0. The summed E-state index contributed by atoms with van der Waals surface area (Å²) in [6, 6.07) is 67.3. The predicted octanol–water partition coefficient (Wildman–Crippen LogP) is 13.2. The highest BCUT2D eigenvalue weighted by Crippen LogP contribution is 2.44. The molecule has 0 bridgehead atoms. The Morgan fingerprint density at radius 2 is 0.839 bits per heavy atom. The lowest BCUT2D eigenvalue weighted by atomic mass is 9.95. The van der Waals surface area contributed by atoms with Gasteiger partial charge in [0.25, 0.3) is 0 Å². The molecule has 56 heavy (non-hydrogen) atoms. The van der Waals surface area contributed by atoms with E-state index in [1.165, 1.54) is 0 Å². The third kappa shape index (κ3) is 5.29. The van der Waals surface area contributed by atoms with Gasteiger partial charge in [0.2, 0.25) is 5.95 Å². The van der Waals surface area contributed by atoms with Crippen LogP contribution in [0.1, 0.15) is 0 Å². The van der Waals surface area contributed by atoms with Gasteiger partial charge in [0.05, 0.1) is 5.52 Å². The SMILES string of the molecule is c1ccc(-c2ccc(-c3nc(-c4ccccc4)nc(-n4c5ccccc5c5ccc6c7cc(-c8ccccc8)cc(-c8ccccc8)c7oc6c54)n3)cc2)cc1. The van der Waals surface area contributed by atoms with Crippen molar-refractivity contribution in [1.29, 1.82) is 0 Å². The number of hydrogen-bond acceptors (Lipinski definition) is 4. The Labute approximate surface area is 322 Å². The van der Waals surface area contributed by atoms with Crippen molar-refractivity contribution in [3.05, 3.63) is 194 Å². The molecule has 5 heteroatoms. The zero-order valence-electron chi connectivity index (χ0n) is 30.2. The minimum absolute atomic E-state index is 0.522. The zero-order valence-corrected chi connectivity index (χ0v) is 30.2. The van der Waals surface area contributed by atoms with Gasteiger partial charge in [0.1, 0.15) is 11.1 Å². The molecule has 0 atom stereocenters. The summed E-state index contributed by atoms with van der Waals surface area (Å²) in [6.45, 7) is 0. The maximum absolute atomic E-state index is 7.13. The van der Waals surface area contributed by atoms with E-state index in [1.54, 1.807) is 0 Å². The Morgan fingerprint density at radius 3 is 1.50 bits per heavy atom. The number of hydrogen-bond donors (Lipinski definition) is 0. The second kappa shape index (κ2) is 13.0. The van der Waals surface area contributed by atoms with Crippen LogP contribution < -0.4 is 0 Å². The van der Waals surface area contributed by atoms with Crippen LogP contribution in [0.2, 0.25) is 0 Å². The quantitative estimate of drug-likeness (QED) is 0.172. The molecule has 11 aromatic rings. The molecular weight excluding hydrogens is 685 g/mol. The van der Waals surface area contributed by atoms with Crippen LogP contribution in [0.15, 0.2) is 199 Å². The number of nitrogens with zero attached hydrogens (tertiary/aromatic N) is 4. The number of fused-ring (bicyclic) bond motifs is 7. The van der Waals surface area contributed by atoms with E-state index in [-0.39, 0.29) is 0 Å². The summed E-state index contributed by atoms with van der Waals surface area (Å²) < 4.78 is 9.29. The minimum Gasteiger partial charge on any atom is -0.453 e. The Balaban J connectivity index is 1.20. The van der Waals surface area contributed by atoms with Crippen molar-refractivity contribution in [3.63, 3.8) is 0 Å². The van der Waals surface area contributed by atoms with Crippen LogP contribution in [0.4, 0.5) is 0 Å². The van der Waals surface area contributed by atoms with E-state index in [0.29, 0.717) is 17.6 Å². The van der Waals surface area contributed by atoms with Gasteiger partial charge in [-0.05, 0) is 52.1 Å². The lowest BCUT2D eigenvalue weighted by molar-refractivity contribution is 0.672. The molecule has 0 aliphatic rings. The zero-order chi connectivity index (χ0) is 37.0. The number of rotatable bonds is 6. The average molecular weight is 717 g/mol. The van der Waals surface area contributed by atoms with E-state index >= 15 is 0 Å². The standard InChI is InChI=1S/C51H32N4O/c1-5-15-33(16-6-1)35-25-27-38(28-26-35)50-52-49(37-21-11-4-12-22-37)53-51(54-50)55-45-24-14-13-23-40(45)41-29-30-42-44-32-39(34-17-7-2-8-18-34)31-43(36-19-9-3-10-20-36)47(44)56-48(42)46(41)55/h1-32H. The topological polar surface area (TPSA) is 56.7 Å². The fraction of sp³-hybridized carbons (Fsp3) is 0. The number of benzene rings is 8. The van der Waals surface area contributed by atoms with Crippen LogP contribution in [-0.2, 0) is 0 Å². The molecule has 262 valence electrons. The predicted molar refractivity (Wildman–Crippen MR) is 229 cm³/mol. The first-order valence-electron chi connectivity index (χ1n) is 18.8. The minimum atomic E-state index is 0.522. The summed E-state index contributed by atoms with van der Waals surface area (Å²) in [4.78, 5) is 15.5. The van der Waals surface area contributed by atoms with Crippen LogP contribution in [-0.4, -0.2) is 19.5 Å². The van der Waals surface area contributed by atoms with E-state index in [1.807, 2.05) is 42.5 Å². The summed E-state index contributed by atoms with van der Waals surface area (Å²) in [5.74, 6) is 1.71. The van der Waals surface area contributed by atoms with Gasteiger partial charge in [0, 0.05) is 38.2 Å². The van der Waals surface area contributed by atoms with Crippen LogP contribution in [0.3, 0.4) is 0 Å². The highest BCUT2D eigenvalue weighted by Gasteiger charge is 2.23. The van der Waals surface area contributed by atoms with Crippen molar-refractivity contribution in [2.24, 2.45) is 0 Å². The molecule has 0 saturated carbocycles. The molecule has 5 nitrogen and oxygen atoms in total. The summed E-state index contributed by atoms with van der Waals surface area (Å²) in [6.07, 6.45) is 0. The second-order valence-electron chi connectivity index (χ2n) is 14.0. The number of aromatic nitrogens is 4. The molecule has 0 amide bonds. The van der Waals surface area contributed by atoms with Crippen molar-refractivity contribution in [2.75, 3.05) is 0 Å². The van der Waals surface area contributed by atoms with E-state index in [2.05, 4.69) is 156 Å². The molecule has 8 aromatic carbocycles. The van der Waals surface area contributed by atoms with E-state index in [0.717, 1.165) is 88.3 Å². The molecule has 0 unspecified atom stereocenters. The van der Waals surface area contributed by atoms with Gasteiger partial charge in [-0.3, -0.25) is 4.57 Å². The van der Waals surface area contributed by atoms with Gasteiger partial charge in [-0.2, -0.15) is 9.97 Å². The van der Waals surface area contributed by atoms with Gasteiger partial charge in [-0.25, -0.2) is 4.98 Å². The van der Waals surface area contributed by atoms with E-state index < -0.39 is 0 Å². The van der Waals surface area contributed by atoms with Crippen molar-refractivity contribution in [1.82, 2.24) is 19.5 Å². The lowest BCUT2D eigenvalue weighted by Crippen LogP contribution is -2.06. The van der Waals surface area contributed by atoms with Crippen molar-refractivity contribution >= 4 is 43.7 Å². The molecule has 0 N–H and O–H groups in total. The first kappa shape index (κ1) is 31.9. The molecule has 0 saturated heterocycles. The third-order valence-corrected chi connectivity index (χ3v) is 10.7. The molecule has 3 aromatic heterocycles. The fourth-order valence-corrected chi connectivity index (χ4v) is 7.97. The Bertz CT molecular complexity index is 3210. The Morgan fingerprint density at radius 1 is 0.339 bits per heavy atom. The van der Waals surface area contributed by atoms with Crippen LogP contribution in [0.25, 0.3) is 106 Å². The maximum atomic E-state index is 7.13. The highest BCUT2D eigenvalue weighted by molar-refractivity contribution is 6.23. The smallest absolute Gasteiger partial charge is 0.238 e. The molecule has 3 heterocycles. The molecule has 0 spiro atoms. The van der Waals surface area contributed by atoms with Crippen LogP contribution >= 0.6 is 0 Å². The Hall–Kier alpha value is -7.63. The largest absolute Gasteiger partial charge is 0.453 e. The highest BCUT2D eigenvalue weighted by atomic mass is 16.3. The maximum Gasteiger partial charge on any atom is 0.238 e. The first-order chi connectivity index (χ1) is 27.8. The summed E-state index contributed by atoms with van der Waals surface area (Å²) in [5, 5.41) is 4.24. The number of para-hydroxylation sites is 1. The van der Waals surface area contributed by atoms with Gasteiger partial charge in [-0.15, -0.1) is 0 Å².